The molecule has 0 nitrogen and oxygen atoms in total. The van der Waals surface area contributed by atoms with Gasteiger partial charge in [0, 0.05) is 4.47 Å². The molecule has 0 heterocycles. The van der Waals surface area contributed by atoms with Crippen molar-refractivity contribution in [1.82, 2.24) is 0 Å². The molecular weight excluding hydrogens is 248 g/mol. The maximum Gasteiger partial charge on any atom is 0.0254 e. The summed E-state index contributed by atoms with van der Waals surface area (Å²) in [4.78, 5) is 0. The summed E-state index contributed by atoms with van der Waals surface area (Å²) in [5.41, 5.74) is 0. The van der Waals surface area contributed by atoms with Crippen LogP contribution in [0.15, 0.2) is 53.0 Å². The molecule has 0 aliphatic heterocycles. The SMILES string of the molecule is Brc1cc[c]c2cc3ccccc3cc12. The van der Waals surface area contributed by atoms with Gasteiger partial charge in [0.05, 0.1) is 0 Å². The lowest BCUT2D eigenvalue weighted by Crippen LogP contribution is -1.77. The van der Waals surface area contributed by atoms with Crippen LogP contribution in [0.4, 0.5) is 0 Å². The second-order valence-corrected chi connectivity index (χ2v) is 4.42. The Hall–Kier alpha value is -1.34. The van der Waals surface area contributed by atoms with E-state index >= 15 is 0 Å². The highest BCUT2D eigenvalue weighted by Crippen LogP contribution is 2.27. The van der Waals surface area contributed by atoms with Gasteiger partial charge in [-0.05, 0) is 45.8 Å². The van der Waals surface area contributed by atoms with Crippen LogP contribution in [0.2, 0.25) is 0 Å². The predicted molar refractivity (Wildman–Crippen MR) is 68.0 cm³/mol. The van der Waals surface area contributed by atoms with Crippen LogP contribution in [0.1, 0.15) is 0 Å². The van der Waals surface area contributed by atoms with Gasteiger partial charge in [-0.2, -0.15) is 0 Å². The Morgan fingerprint density at radius 1 is 0.933 bits per heavy atom. The van der Waals surface area contributed by atoms with Gasteiger partial charge in [-0.25, -0.2) is 0 Å². The molecule has 0 atom stereocenters. The van der Waals surface area contributed by atoms with Crippen LogP contribution >= 0.6 is 15.9 Å². The molecule has 3 aromatic rings. The molecule has 0 amide bonds. The smallest absolute Gasteiger partial charge is 0.0254 e. The van der Waals surface area contributed by atoms with E-state index in [1.54, 1.807) is 0 Å². The Bertz CT molecular complexity index is 641. The average Bonchev–Trinajstić information content (AvgIpc) is 2.27. The van der Waals surface area contributed by atoms with E-state index in [1.807, 2.05) is 12.1 Å². The molecule has 71 valence electrons. The van der Waals surface area contributed by atoms with Crippen LogP contribution in [0.25, 0.3) is 21.5 Å². The number of hydrogen-bond donors (Lipinski definition) is 0. The Balaban J connectivity index is 2.53. The maximum absolute atomic E-state index is 3.56. The number of fused-ring (bicyclic) bond motifs is 2. The molecule has 0 aliphatic rings. The Labute approximate surface area is 96.7 Å². The highest BCUT2D eigenvalue weighted by molar-refractivity contribution is 9.10. The lowest BCUT2D eigenvalue weighted by Gasteiger charge is -2.03. The third-order valence-electron chi connectivity index (χ3n) is 2.61. The molecule has 0 saturated carbocycles. The van der Waals surface area contributed by atoms with Crippen molar-refractivity contribution in [1.29, 1.82) is 0 Å². The zero-order chi connectivity index (χ0) is 10.3. The monoisotopic (exact) mass is 255 g/mol. The van der Waals surface area contributed by atoms with Crippen LogP contribution in [-0.4, -0.2) is 0 Å². The molecule has 0 fully saturated rings. The topological polar surface area (TPSA) is 0 Å². The summed E-state index contributed by atoms with van der Waals surface area (Å²) < 4.78 is 1.13. The van der Waals surface area contributed by atoms with Gasteiger partial charge in [0.15, 0.2) is 0 Å². The summed E-state index contributed by atoms with van der Waals surface area (Å²) in [6, 6.07) is 20.0. The highest BCUT2D eigenvalue weighted by Gasteiger charge is 2.00. The van der Waals surface area contributed by atoms with Gasteiger partial charge in [-0.3, -0.25) is 0 Å². The molecule has 3 aromatic carbocycles. The summed E-state index contributed by atoms with van der Waals surface area (Å²) >= 11 is 3.56. The molecule has 1 radical (unpaired) electrons. The van der Waals surface area contributed by atoms with Gasteiger partial charge in [0.1, 0.15) is 0 Å². The van der Waals surface area contributed by atoms with E-state index in [2.05, 4.69) is 58.4 Å². The summed E-state index contributed by atoms with van der Waals surface area (Å²) in [6.07, 6.45) is 0. The molecule has 0 unspecified atom stereocenters. The maximum atomic E-state index is 3.56. The molecule has 0 saturated heterocycles. The first kappa shape index (κ1) is 8.93. The minimum Gasteiger partial charge on any atom is -0.0616 e. The molecule has 0 N–H and O–H groups in total. The Kier molecular flexibility index (Phi) is 2.00. The van der Waals surface area contributed by atoms with Crippen LogP contribution in [-0.2, 0) is 0 Å². The lowest BCUT2D eigenvalue weighted by atomic mass is 10.0. The fraction of sp³-hybridized carbons (Fsp3) is 0. The van der Waals surface area contributed by atoms with Crippen LogP contribution in [0.3, 0.4) is 0 Å². The molecule has 0 aliphatic carbocycles. The minimum atomic E-state index is 1.13. The third-order valence-corrected chi connectivity index (χ3v) is 3.30. The first-order valence-electron chi connectivity index (χ1n) is 4.83. The second kappa shape index (κ2) is 3.35. The van der Waals surface area contributed by atoms with E-state index in [1.165, 1.54) is 16.2 Å². The van der Waals surface area contributed by atoms with Gasteiger partial charge in [0.2, 0.25) is 0 Å². The Morgan fingerprint density at radius 2 is 1.67 bits per heavy atom. The summed E-state index contributed by atoms with van der Waals surface area (Å²) in [6.45, 7) is 0. The predicted octanol–water partition coefficient (Wildman–Crippen LogP) is 4.56. The van der Waals surface area contributed by atoms with E-state index in [0.29, 0.717) is 0 Å². The van der Waals surface area contributed by atoms with Gasteiger partial charge in [-0.15, -0.1) is 0 Å². The Morgan fingerprint density at radius 3 is 2.47 bits per heavy atom. The van der Waals surface area contributed by atoms with E-state index in [-0.39, 0.29) is 0 Å². The third kappa shape index (κ3) is 1.44. The minimum absolute atomic E-state index is 1.13. The van der Waals surface area contributed by atoms with E-state index in [9.17, 15) is 0 Å². The quantitative estimate of drug-likeness (QED) is 0.517. The van der Waals surface area contributed by atoms with Crippen molar-refractivity contribution in [3.8, 4) is 0 Å². The zero-order valence-electron chi connectivity index (χ0n) is 8.00. The molecule has 15 heavy (non-hydrogen) atoms. The van der Waals surface area contributed by atoms with E-state index in [0.717, 1.165) is 9.86 Å². The number of rotatable bonds is 0. The fourth-order valence-corrected chi connectivity index (χ4v) is 2.31. The molecule has 1 heteroatoms. The zero-order valence-corrected chi connectivity index (χ0v) is 9.58. The van der Waals surface area contributed by atoms with Gasteiger partial charge in [0.25, 0.3) is 0 Å². The first-order valence-corrected chi connectivity index (χ1v) is 5.62. The molecule has 0 spiro atoms. The summed E-state index contributed by atoms with van der Waals surface area (Å²) in [5.74, 6) is 0. The number of hydrogen-bond acceptors (Lipinski definition) is 0. The van der Waals surface area contributed by atoms with Crippen molar-refractivity contribution >= 4 is 37.5 Å². The van der Waals surface area contributed by atoms with Crippen LogP contribution in [0, 0.1) is 6.07 Å². The normalized spacial score (nSPS) is 11.0. The van der Waals surface area contributed by atoms with Crippen molar-refractivity contribution in [3.63, 3.8) is 0 Å². The fourth-order valence-electron chi connectivity index (χ4n) is 1.85. The standard InChI is InChI=1S/C14H8Br/c15-14-7-3-6-12-8-10-4-1-2-5-11(10)9-13(12)14/h1-5,7-9H. The summed E-state index contributed by atoms with van der Waals surface area (Å²) in [7, 11) is 0. The number of benzene rings is 3. The number of halogens is 1. The van der Waals surface area contributed by atoms with E-state index in [4.69, 9.17) is 0 Å². The largest absolute Gasteiger partial charge is 0.0616 e. The van der Waals surface area contributed by atoms with Gasteiger partial charge < -0.3 is 0 Å². The van der Waals surface area contributed by atoms with Crippen LogP contribution in [0.5, 0.6) is 0 Å². The van der Waals surface area contributed by atoms with Gasteiger partial charge >= 0.3 is 0 Å². The molecular formula is C14H8Br. The molecule has 0 bridgehead atoms. The summed E-state index contributed by atoms with van der Waals surface area (Å²) in [5, 5.41) is 4.91. The van der Waals surface area contributed by atoms with Crippen molar-refractivity contribution in [2.24, 2.45) is 0 Å². The van der Waals surface area contributed by atoms with E-state index < -0.39 is 0 Å². The first-order chi connectivity index (χ1) is 7.34. The lowest BCUT2D eigenvalue weighted by molar-refractivity contribution is 1.72. The average molecular weight is 256 g/mol. The second-order valence-electron chi connectivity index (χ2n) is 3.57. The van der Waals surface area contributed by atoms with Crippen molar-refractivity contribution < 1.29 is 0 Å². The molecule has 3 rings (SSSR count). The van der Waals surface area contributed by atoms with Crippen molar-refractivity contribution in [2.45, 2.75) is 0 Å². The van der Waals surface area contributed by atoms with Crippen molar-refractivity contribution in [2.75, 3.05) is 0 Å². The van der Waals surface area contributed by atoms with Crippen LogP contribution < -0.4 is 0 Å². The van der Waals surface area contributed by atoms with Crippen molar-refractivity contribution in [3.05, 3.63) is 59.1 Å². The highest BCUT2D eigenvalue weighted by atomic mass is 79.9. The van der Waals surface area contributed by atoms with Gasteiger partial charge in [-0.1, -0.05) is 46.3 Å². The molecule has 0 aromatic heterocycles.